The largest absolute Gasteiger partial charge is 0.397 e. The van der Waals surface area contributed by atoms with Crippen molar-refractivity contribution in [1.82, 2.24) is 0 Å². The van der Waals surface area contributed by atoms with Crippen LogP contribution in [0.5, 0.6) is 0 Å². The number of nitrogens with one attached hydrogen (secondary N) is 1. The molecule has 0 aliphatic heterocycles. The molecule has 0 unspecified atom stereocenters. The molecule has 0 amide bonds. The molecule has 96 valence electrons. The first kappa shape index (κ1) is 14.3. The molecule has 0 radical (unpaired) electrons. The molecule has 1 aromatic carbocycles. The minimum atomic E-state index is 0.602. The quantitative estimate of drug-likeness (QED) is 0.598. The highest BCUT2D eigenvalue weighted by atomic mass is 79.9. The molecular formula is C13H21BrN2O. The van der Waals surface area contributed by atoms with Crippen molar-refractivity contribution in [3.63, 3.8) is 0 Å². The Balaban J connectivity index is 2.18. The number of hydrogen-bond acceptors (Lipinski definition) is 3. The second-order valence-electron chi connectivity index (χ2n) is 4.48. The highest BCUT2D eigenvalue weighted by molar-refractivity contribution is 9.10. The first-order valence-electron chi connectivity index (χ1n) is 5.96. The summed E-state index contributed by atoms with van der Waals surface area (Å²) in [7, 11) is 0. The number of nitrogens with two attached hydrogens (primary N) is 1. The fourth-order valence-corrected chi connectivity index (χ4v) is 1.79. The molecule has 0 saturated carbocycles. The lowest BCUT2D eigenvalue weighted by Gasteiger charge is -2.10. The molecule has 1 aromatic rings. The van der Waals surface area contributed by atoms with Crippen LogP contribution < -0.4 is 11.1 Å². The molecule has 4 heteroatoms. The Hall–Kier alpha value is -0.740. The van der Waals surface area contributed by atoms with E-state index in [9.17, 15) is 0 Å². The van der Waals surface area contributed by atoms with Gasteiger partial charge in [-0.15, -0.1) is 0 Å². The number of hydrogen-bond donors (Lipinski definition) is 2. The molecule has 0 spiro atoms. The summed E-state index contributed by atoms with van der Waals surface area (Å²) in [6.45, 7) is 6.81. The fraction of sp³-hybridized carbons (Fsp3) is 0.538. The Labute approximate surface area is 112 Å². The van der Waals surface area contributed by atoms with Crippen LogP contribution in [0.25, 0.3) is 0 Å². The molecule has 3 N–H and O–H groups in total. The van der Waals surface area contributed by atoms with Gasteiger partial charge in [0.15, 0.2) is 0 Å². The van der Waals surface area contributed by atoms with Crippen molar-refractivity contribution in [2.24, 2.45) is 5.92 Å². The van der Waals surface area contributed by atoms with Gasteiger partial charge in [-0.25, -0.2) is 0 Å². The Kier molecular flexibility index (Phi) is 6.37. The molecular weight excluding hydrogens is 280 g/mol. The molecule has 17 heavy (non-hydrogen) atoms. The van der Waals surface area contributed by atoms with Crippen molar-refractivity contribution in [2.75, 3.05) is 30.8 Å². The molecule has 1 rings (SSSR count). The zero-order chi connectivity index (χ0) is 12.7. The van der Waals surface area contributed by atoms with Gasteiger partial charge in [-0.2, -0.15) is 0 Å². The summed E-state index contributed by atoms with van der Waals surface area (Å²) in [4.78, 5) is 0. The van der Waals surface area contributed by atoms with Gasteiger partial charge in [0.25, 0.3) is 0 Å². The van der Waals surface area contributed by atoms with Crippen LogP contribution >= 0.6 is 15.9 Å². The molecule has 0 aliphatic carbocycles. The van der Waals surface area contributed by atoms with Crippen LogP contribution in [0.2, 0.25) is 0 Å². The maximum absolute atomic E-state index is 5.88. The van der Waals surface area contributed by atoms with Gasteiger partial charge in [-0.3, -0.25) is 0 Å². The summed E-state index contributed by atoms with van der Waals surface area (Å²) >= 11 is 3.38. The SMILES string of the molecule is CC(C)COCCCNc1ccc(Br)cc1N. The lowest BCUT2D eigenvalue weighted by Crippen LogP contribution is -2.09. The van der Waals surface area contributed by atoms with Crippen LogP contribution in [0.1, 0.15) is 20.3 Å². The van der Waals surface area contributed by atoms with Crippen molar-refractivity contribution in [2.45, 2.75) is 20.3 Å². The van der Waals surface area contributed by atoms with E-state index < -0.39 is 0 Å². The smallest absolute Gasteiger partial charge is 0.0574 e. The zero-order valence-electron chi connectivity index (χ0n) is 10.5. The van der Waals surface area contributed by atoms with E-state index >= 15 is 0 Å². The molecule has 0 heterocycles. The van der Waals surface area contributed by atoms with Gasteiger partial charge >= 0.3 is 0 Å². The van der Waals surface area contributed by atoms with Crippen LogP contribution in [0.4, 0.5) is 11.4 Å². The number of benzene rings is 1. The first-order chi connectivity index (χ1) is 8.09. The fourth-order valence-electron chi connectivity index (χ4n) is 1.41. The van der Waals surface area contributed by atoms with Gasteiger partial charge < -0.3 is 15.8 Å². The molecule has 3 nitrogen and oxygen atoms in total. The van der Waals surface area contributed by atoms with E-state index in [1.807, 2.05) is 18.2 Å². The Morgan fingerprint density at radius 3 is 2.82 bits per heavy atom. The highest BCUT2D eigenvalue weighted by Gasteiger charge is 1.99. The van der Waals surface area contributed by atoms with Crippen molar-refractivity contribution >= 4 is 27.3 Å². The standard InChI is InChI=1S/C13H21BrN2O/c1-10(2)9-17-7-3-6-16-13-5-4-11(14)8-12(13)15/h4-5,8,10,16H,3,6-7,9,15H2,1-2H3. The van der Waals surface area contributed by atoms with Gasteiger partial charge in [0, 0.05) is 24.2 Å². The minimum absolute atomic E-state index is 0.602. The average molecular weight is 301 g/mol. The van der Waals surface area contributed by atoms with Crippen molar-refractivity contribution in [3.05, 3.63) is 22.7 Å². The van der Waals surface area contributed by atoms with Gasteiger partial charge in [-0.05, 0) is 30.5 Å². The first-order valence-corrected chi connectivity index (χ1v) is 6.75. The van der Waals surface area contributed by atoms with E-state index in [-0.39, 0.29) is 0 Å². The molecule has 0 bridgehead atoms. The second-order valence-corrected chi connectivity index (χ2v) is 5.40. The maximum atomic E-state index is 5.88. The molecule has 0 aromatic heterocycles. The third-order valence-corrected chi connectivity index (χ3v) is 2.74. The van der Waals surface area contributed by atoms with E-state index in [1.54, 1.807) is 0 Å². The van der Waals surface area contributed by atoms with Gasteiger partial charge in [0.05, 0.1) is 11.4 Å². The van der Waals surface area contributed by atoms with Crippen LogP contribution in [0.3, 0.4) is 0 Å². The van der Waals surface area contributed by atoms with Gasteiger partial charge in [0.1, 0.15) is 0 Å². The predicted octanol–water partition coefficient (Wildman–Crippen LogP) is 3.51. The summed E-state index contributed by atoms with van der Waals surface area (Å²) in [6, 6.07) is 5.86. The van der Waals surface area contributed by atoms with Crippen LogP contribution in [0.15, 0.2) is 22.7 Å². The zero-order valence-corrected chi connectivity index (χ0v) is 12.1. The predicted molar refractivity (Wildman–Crippen MR) is 77.3 cm³/mol. The summed E-state index contributed by atoms with van der Waals surface area (Å²) < 4.78 is 6.50. The third kappa shape index (κ3) is 5.94. The average Bonchev–Trinajstić information content (AvgIpc) is 2.25. The van der Waals surface area contributed by atoms with Crippen LogP contribution in [0, 0.1) is 5.92 Å². The van der Waals surface area contributed by atoms with E-state index in [1.165, 1.54) is 0 Å². The van der Waals surface area contributed by atoms with Crippen molar-refractivity contribution in [3.8, 4) is 0 Å². The number of anilines is 2. The topological polar surface area (TPSA) is 47.3 Å². The summed E-state index contributed by atoms with van der Waals surface area (Å²) in [6.07, 6.45) is 0.988. The lowest BCUT2D eigenvalue weighted by atomic mass is 10.2. The van der Waals surface area contributed by atoms with E-state index in [4.69, 9.17) is 10.5 Å². The van der Waals surface area contributed by atoms with Gasteiger partial charge in [-0.1, -0.05) is 29.8 Å². The van der Waals surface area contributed by atoms with Crippen LogP contribution in [-0.4, -0.2) is 19.8 Å². The van der Waals surface area contributed by atoms with Crippen LogP contribution in [-0.2, 0) is 4.74 Å². The normalized spacial score (nSPS) is 10.8. The molecule has 0 atom stereocenters. The van der Waals surface area contributed by atoms with E-state index in [0.29, 0.717) is 5.92 Å². The van der Waals surface area contributed by atoms with E-state index in [2.05, 4.69) is 35.1 Å². The minimum Gasteiger partial charge on any atom is -0.397 e. The van der Waals surface area contributed by atoms with E-state index in [0.717, 1.165) is 42.0 Å². The Morgan fingerprint density at radius 2 is 2.18 bits per heavy atom. The number of nitrogen functional groups attached to an aromatic ring is 1. The molecule has 0 fully saturated rings. The highest BCUT2D eigenvalue weighted by Crippen LogP contribution is 2.22. The molecule has 0 aliphatic rings. The number of halogens is 1. The van der Waals surface area contributed by atoms with Crippen molar-refractivity contribution in [1.29, 1.82) is 0 Å². The van der Waals surface area contributed by atoms with Crippen molar-refractivity contribution < 1.29 is 4.74 Å². The lowest BCUT2D eigenvalue weighted by molar-refractivity contribution is 0.110. The number of ether oxygens (including phenoxy) is 1. The van der Waals surface area contributed by atoms with Gasteiger partial charge in [0.2, 0.25) is 0 Å². The maximum Gasteiger partial charge on any atom is 0.0574 e. The second kappa shape index (κ2) is 7.56. The summed E-state index contributed by atoms with van der Waals surface area (Å²) in [5.41, 5.74) is 7.63. The Morgan fingerprint density at radius 1 is 1.41 bits per heavy atom. The monoisotopic (exact) mass is 300 g/mol. The summed E-state index contributed by atoms with van der Waals surface area (Å²) in [5.74, 6) is 0.602. The Bertz CT molecular complexity index is 342. The molecule has 0 saturated heterocycles. The third-order valence-electron chi connectivity index (χ3n) is 2.25. The number of rotatable bonds is 7. The summed E-state index contributed by atoms with van der Waals surface area (Å²) in [5, 5.41) is 3.30.